The first-order valence-corrected chi connectivity index (χ1v) is 14.2. The molecule has 230 valence electrons. The van der Waals surface area contributed by atoms with Crippen molar-refractivity contribution in [3.8, 4) is 22.6 Å². The summed E-state index contributed by atoms with van der Waals surface area (Å²) >= 11 is 0. The predicted octanol–water partition coefficient (Wildman–Crippen LogP) is 8.96. The standard InChI is InChI=1S/C36H31F3N2O4/c1-35(2,3)27-13-16-29(17-14-27)45-30-15-10-25-21-40-32(19-26(25)18-30)34(44)41-31(20-33(42)43)24-6-4-22(5-7-24)23-8-11-28(12-9-23)36(37,38)39/h4-19,21,31H,20H2,1-3H3,(H,41,44)(H,42,43). The number of alkyl halides is 3. The lowest BCUT2D eigenvalue weighted by Gasteiger charge is -2.19. The van der Waals surface area contributed by atoms with E-state index >= 15 is 0 Å². The highest BCUT2D eigenvalue weighted by atomic mass is 19.4. The maximum Gasteiger partial charge on any atom is 0.416 e. The summed E-state index contributed by atoms with van der Waals surface area (Å²) in [6.45, 7) is 6.42. The number of halogens is 3. The molecule has 1 amide bonds. The highest BCUT2D eigenvalue weighted by Crippen LogP contribution is 2.32. The monoisotopic (exact) mass is 612 g/mol. The van der Waals surface area contributed by atoms with Gasteiger partial charge in [0.15, 0.2) is 0 Å². The van der Waals surface area contributed by atoms with Crippen molar-refractivity contribution in [1.82, 2.24) is 10.3 Å². The van der Waals surface area contributed by atoms with E-state index in [1.54, 1.807) is 42.6 Å². The summed E-state index contributed by atoms with van der Waals surface area (Å²) in [6.07, 6.45) is -3.25. The van der Waals surface area contributed by atoms with E-state index in [4.69, 9.17) is 4.74 Å². The van der Waals surface area contributed by atoms with E-state index in [0.717, 1.165) is 22.9 Å². The molecule has 0 fully saturated rings. The number of carboxylic acid groups (broad SMARTS) is 1. The fraction of sp³-hybridized carbons (Fsp3) is 0.194. The lowest BCUT2D eigenvalue weighted by Crippen LogP contribution is -2.30. The van der Waals surface area contributed by atoms with Gasteiger partial charge in [0.1, 0.15) is 17.2 Å². The molecule has 2 N–H and O–H groups in total. The van der Waals surface area contributed by atoms with Crippen LogP contribution in [-0.4, -0.2) is 22.0 Å². The number of carboxylic acids is 1. The van der Waals surface area contributed by atoms with Gasteiger partial charge in [0.05, 0.1) is 18.0 Å². The van der Waals surface area contributed by atoms with E-state index < -0.39 is 29.7 Å². The molecule has 0 bridgehead atoms. The van der Waals surface area contributed by atoms with Crippen LogP contribution in [0.2, 0.25) is 0 Å². The molecule has 0 saturated carbocycles. The molecule has 0 saturated heterocycles. The molecule has 0 aliphatic rings. The number of amides is 1. The van der Waals surface area contributed by atoms with Gasteiger partial charge in [0.2, 0.25) is 0 Å². The first-order valence-electron chi connectivity index (χ1n) is 14.2. The number of nitrogens with zero attached hydrogens (tertiary/aromatic N) is 1. The average Bonchev–Trinajstić information content (AvgIpc) is 3.00. The number of carbonyl (C=O) groups is 2. The zero-order valence-corrected chi connectivity index (χ0v) is 24.9. The minimum Gasteiger partial charge on any atom is -0.481 e. The quantitative estimate of drug-likeness (QED) is 0.183. The molecule has 5 aromatic rings. The number of rotatable bonds is 8. The largest absolute Gasteiger partial charge is 0.481 e. The second-order valence-corrected chi connectivity index (χ2v) is 11.8. The zero-order valence-electron chi connectivity index (χ0n) is 24.9. The molecule has 0 radical (unpaired) electrons. The second kappa shape index (κ2) is 12.4. The van der Waals surface area contributed by atoms with Crippen molar-refractivity contribution in [2.75, 3.05) is 0 Å². The number of hydrogen-bond donors (Lipinski definition) is 2. The summed E-state index contributed by atoms with van der Waals surface area (Å²) in [5.74, 6) is -0.411. The fourth-order valence-corrected chi connectivity index (χ4v) is 4.88. The number of benzene rings is 4. The summed E-state index contributed by atoms with van der Waals surface area (Å²) in [4.78, 5) is 29.2. The molecule has 1 heterocycles. The SMILES string of the molecule is CC(C)(C)c1ccc(Oc2ccc3cnc(C(=O)NC(CC(=O)O)c4ccc(-c5ccc(C(F)(F)F)cc5)cc4)cc3c2)cc1. The Labute approximate surface area is 258 Å². The normalized spacial score (nSPS) is 12.5. The molecular weight excluding hydrogens is 581 g/mol. The third kappa shape index (κ3) is 7.67. The molecule has 0 spiro atoms. The van der Waals surface area contributed by atoms with Gasteiger partial charge in [0.25, 0.3) is 5.91 Å². The van der Waals surface area contributed by atoms with Crippen molar-refractivity contribution in [2.24, 2.45) is 0 Å². The lowest BCUT2D eigenvalue weighted by molar-refractivity contribution is -0.138. The first-order chi connectivity index (χ1) is 21.3. The van der Waals surface area contributed by atoms with Crippen LogP contribution < -0.4 is 10.1 Å². The molecule has 5 rings (SSSR count). The number of ether oxygens (including phenoxy) is 1. The summed E-state index contributed by atoms with van der Waals surface area (Å²) in [5, 5.41) is 13.8. The van der Waals surface area contributed by atoms with Crippen molar-refractivity contribution >= 4 is 22.6 Å². The van der Waals surface area contributed by atoms with E-state index in [2.05, 4.69) is 31.1 Å². The molecule has 1 atom stereocenters. The van der Waals surface area contributed by atoms with Crippen molar-refractivity contribution < 1.29 is 32.6 Å². The number of hydrogen-bond acceptors (Lipinski definition) is 4. The van der Waals surface area contributed by atoms with Crippen LogP contribution >= 0.6 is 0 Å². The topological polar surface area (TPSA) is 88.5 Å². The van der Waals surface area contributed by atoms with Gasteiger partial charge >= 0.3 is 12.1 Å². The molecule has 4 aromatic carbocycles. The Kier molecular flexibility index (Phi) is 8.64. The minimum absolute atomic E-state index is 0.0216. The molecule has 45 heavy (non-hydrogen) atoms. The molecule has 9 heteroatoms. The van der Waals surface area contributed by atoms with Crippen molar-refractivity contribution in [1.29, 1.82) is 0 Å². The highest BCUT2D eigenvalue weighted by molar-refractivity contribution is 5.97. The Balaban J connectivity index is 1.32. The average molecular weight is 613 g/mol. The number of fused-ring (bicyclic) bond motifs is 1. The van der Waals surface area contributed by atoms with Crippen molar-refractivity contribution in [3.63, 3.8) is 0 Å². The third-order valence-corrected chi connectivity index (χ3v) is 7.42. The molecule has 6 nitrogen and oxygen atoms in total. The van der Waals surface area contributed by atoms with Gasteiger partial charge < -0.3 is 15.2 Å². The van der Waals surface area contributed by atoms with Crippen molar-refractivity contribution in [2.45, 2.75) is 44.8 Å². The Hall–Kier alpha value is -5.18. The molecular formula is C36H31F3N2O4. The van der Waals surface area contributed by atoms with Crippen LogP contribution in [0.1, 0.15) is 60.4 Å². The van der Waals surface area contributed by atoms with E-state index in [9.17, 15) is 27.9 Å². The maximum atomic E-state index is 13.3. The van der Waals surface area contributed by atoms with Gasteiger partial charge in [-0.15, -0.1) is 0 Å². The van der Waals surface area contributed by atoms with Crippen molar-refractivity contribution in [3.05, 3.63) is 126 Å². The van der Waals surface area contributed by atoms with E-state index in [1.807, 2.05) is 36.4 Å². The Morgan fingerprint density at radius 2 is 1.36 bits per heavy atom. The Morgan fingerprint density at radius 1 is 0.778 bits per heavy atom. The number of aliphatic carboxylic acids is 1. The smallest absolute Gasteiger partial charge is 0.416 e. The van der Waals surface area contributed by atoms with E-state index in [0.29, 0.717) is 28.2 Å². The third-order valence-electron chi connectivity index (χ3n) is 7.42. The number of carbonyl (C=O) groups excluding carboxylic acids is 1. The summed E-state index contributed by atoms with van der Waals surface area (Å²) in [5.41, 5.74) is 2.30. The minimum atomic E-state index is -4.43. The number of pyridine rings is 1. The van der Waals surface area contributed by atoms with Gasteiger partial charge in [-0.25, -0.2) is 0 Å². The van der Waals surface area contributed by atoms with Gasteiger partial charge in [-0.2, -0.15) is 13.2 Å². The van der Waals surface area contributed by atoms with Gasteiger partial charge in [-0.3, -0.25) is 14.6 Å². The second-order valence-electron chi connectivity index (χ2n) is 11.8. The fourth-order valence-electron chi connectivity index (χ4n) is 4.88. The van der Waals surface area contributed by atoms with Gasteiger partial charge in [0, 0.05) is 11.6 Å². The predicted molar refractivity (Wildman–Crippen MR) is 166 cm³/mol. The zero-order chi connectivity index (χ0) is 32.4. The molecule has 0 aliphatic carbocycles. The van der Waals surface area contributed by atoms with E-state index in [1.165, 1.54) is 17.7 Å². The maximum absolute atomic E-state index is 13.3. The van der Waals surface area contributed by atoms with Crippen LogP contribution in [0.5, 0.6) is 11.5 Å². The van der Waals surface area contributed by atoms with Crippen LogP contribution in [0.3, 0.4) is 0 Å². The molecule has 1 aromatic heterocycles. The van der Waals surface area contributed by atoms with Crippen LogP contribution in [0, 0.1) is 0 Å². The van der Waals surface area contributed by atoms with E-state index in [-0.39, 0.29) is 17.5 Å². The highest BCUT2D eigenvalue weighted by Gasteiger charge is 2.30. The summed E-state index contributed by atoms with van der Waals surface area (Å²) in [6, 6.07) is 25.5. The first kappa shape index (κ1) is 31.3. The summed E-state index contributed by atoms with van der Waals surface area (Å²) < 4.78 is 44.8. The number of nitrogens with one attached hydrogen (secondary N) is 1. The summed E-state index contributed by atoms with van der Waals surface area (Å²) in [7, 11) is 0. The lowest BCUT2D eigenvalue weighted by atomic mass is 9.87. The van der Waals surface area contributed by atoms with Crippen LogP contribution in [0.4, 0.5) is 13.2 Å². The van der Waals surface area contributed by atoms with Crippen LogP contribution in [0.25, 0.3) is 21.9 Å². The Bertz CT molecular complexity index is 1830. The number of aromatic nitrogens is 1. The van der Waals surface area contributed by atoms with Crippen LogP contribution in [-0.2, 0) is 16.4 Å². The molecule has 1 unspecified atom stereocenters. The molecule has 0 aliphatic heterocycles. The van der Waals surface area contributed by atoms with Gasteiger partial charge in [-0.05, 0) is 81.6 Å². The Morgan fingerprint density at radius 3 is 1.93 bits per heavy atom. The van der Waals surface area contributed by atoms with Crippen LogP contribution in [0.15, 0.2) is 103 Å². The van der Waals surface area contributed by atoms with Gasteiger partial charge in [-0.1, -0.05) is 69.3 Å².